The maximum absolute atomic E-state index is 11.9. The van der Waals surface area contributed by atoms with Gasteiger partial charge in [0.1, 0.15) is 0 Å². The Morgan fingerprint density at radius 1 is 1.47 bits per heavy atom. The Hall–Kier alpha value is -0.960. The Balaban J connectivity index is 2.72. The molecule has 0 atom stereocenters. The first-order valence-electron chi connectivity index (χ1n) is 5.28. The van der Waals surface area contributed by atoms with E-state index in [1.54, 1.807) is 7.05 Å². The van der Waals surface area contributed by atoms with Crippen molar-refractivity contribution in [2.75, 3.05) is 34.2 Å². The topological polar surface area (TPSA) is 90.1 Å². The molecule has 0 aliphatic carbocycles. The lowest BCUT2D eigenvalue weighted by atomic mass is 10.4. The Kier molecular flexibility index (Phi) is 5.06. The molecule has 0 aliphatic heterocycles. The molecule has 8 heteroatoms. The molecule has 1 aromatic rings. The molecule has 0 aromatic carbocycles. The zero-order valence-corrected chi connectivity index (χ0v) is 11.1. The monoisotopic (exact) mass is 261 g/mol. The predicted molar refractivity (Wildman–Crippen MR) is 65.1 cm³/mol. The Labute approximate surface area is 102 Å². The minimum atomic E-state index is -3.50. The van der Waals surface area contributed by atoms with E-state index in [9.17, 15) is 8.42 Å². The summed E-state index contributed by atoms with van der Waals surface area (Å²) in [6.07, 6.45) is 1.51. The smallest absolute Gasteiger partial charge is 0.257 e. The maximum Gasteiger partial charge on any atom is 0.257 e. The number of likely N-dealkylation sites (N-methyl/N-ethyl adjacent to an activating group) is 1. The summed E-state index contributed by atoms with van der Waals surface area (Å²) in [7, 11) is 2.02. The second-order valence-corrected chi connectivity index (χ2v) is 5.66. The van der Waals surface area contributed by atoms with Gasteiger partial charge in [-0.05, 0) is 21.1 Å². The van der Waals surface area contributed by atoms with Crippen LogP contribution in [0, 0.1) is 0 Å². The molecule has 1 aromatic heterocycles. The fourth-order valence-corrected chi connectivity index (χ4v) is 2.47. The predicted octanol–water partition coefficient (Wildman–Crippen LogP) is -1.03. The van der Waals surface area contributed by atoms with E-state index in [4.69, 9.17) is 0 Å². The van der Waals surface area contributed by atoms with Crippen LogP contribution in [0.4, 0.5) is 0 Å². The average Bonchev–Trinajstić information content (AvgIpc) is 2.66. The van der Waals surface area contributed by atoms with E-state index in [1.807, 2.05) is 19.0 Å². The highest BCUT2D eigenvalue weighted by Gasteiger charge is 2.19. The lowest BCUT2D eigenvalue weighted by Crippen LogP contribution is -2.32. The molecule has 7 nitrogen and oxygen atoms in total. The van der Waals surface area contributed by atoms with Gasteiger partial charge in [-0.2, -0.15) is 5.10 Å². The maximum atomic E-state index is 11.9. The average molecular weight is 261 g/mol. The summed E-state index contributed by atoms with van der Waals surface area (Å²) >= 11 is 0. The number of H-pyrrole nitrogens is 1. The Bertz CT molecular complexity index is 440. The molecular formula is C9H19N5O2S. The number of rotatable bonds is 7. The van der Waals surface area contributed by atoms with Crippen molar-refractivity contribution >= 4 is 10.0 Å². The molecule has 1 rings (SSSR count). The number of aromatic nitrogens is 2. The highest BCUT2D eigenvalue weighted by Crippen LogP contribution is 2.10. The molecule has 1 heterocycles. The van der Waals surface area contributed by atoms with Crippen LogP contribution in [0.1, 0.15) is 5.56 Å². The fraction of sp³-hybridized carbons (Fsp3) is 0.667. The molecule has 0 fully saturated rings. The van der Waals surface area contributed by atoms with Crippen molar-refractivity contribution < 1.29 is 8.42 Å². The van der Waals surface area contributed by atoms with Crippen molar-refractivity contribution in [1.82, 2.24) is 25.1 Å². The minimum Gasteiger partial charge on any atom is -0.316 e. The number of nitrogens with one attached hydrogen (secondary N) is 3. The Morgan fingerprint density at radius 2 is 2.18 bits per heavy atom. The van der Waals surface area contributed by atoms with Crippen molar-refractivity contribution in [3.63, 3.8) is 0 Å². The van der Waals surface area contributed by atoms with Crippen LogP contribution in [0.2, 0.25) is 0 Å². The van der Waals surface area contributed by atoms with Gasteiger partial charge in [0.15, 0.2) is 5.03 Å². The van der Waals surface area contributed by atoms with E-state index in [0.717, 1.165) is 0 Å². The molecule has 0 radical (unpaired) electrons. The molecule has 0 spiro atoms. The standard InChI is InChI=1S/C9H19N5O2S/c1-10-6-8-7-11-13-9(8)17(15,16)12-4-5-14(2)3/h7,10,12H,4-6H2,1-3H3,(H,11,13). The second-order valence-electron chi connectivity index (χ2n) is 3.96. The summed E-state index contributed by atoms with van der Waals surface area (Å²) in [5.41, 5.74) is 0.629. The largest absolute Gasteiger partial charge is 0.316 e. The third-order valence-corrected chi connectivity index (χ3v) is 3.64. The van der Waals surface area contributed by atoms with Crippen molar-refractivity contribution in [3.8, 4) is 0 Å². The van der Waals surface area contributed by atoms with Crippen molar-refractivity contribution in [2.45, 2.75) is 11.6 Å². The van der Waals surface area contributed by atoms with Gasteiger partial charge in [-0.15, -0.1) is 0 Å². The van der Waals surface area contributed by atoms with Gasteiger partial charge < -0.3 is 10.2 Å². The van der Waals surface area contributed by atoms with E-state index in [0.29, 0.717) is 25.2 Å². The molecule has 98 valence electrons. The first-order chi connectivity index (χ1) is 7.97. The van der Waals surface area contributed by atoms with Crippen LogP contribution < -0.4 is 10.0 Å². The van der Waals surface area contributed by atoms with Crippen molar-refractivity contribution in [1.29, 1.82) is 0 Å². The van der Waals surface area contributed by atoms with Crippen LogP contribution in [0.25, 0.3) is 0 Å². The molecule has 0 bridgehead atoms. The summed E-state index contributed by atoms with van der Waals surface area (Å²) in [5, 5.41) is 9.30. The zero-order valence-electron chi connectivity index (χ0n) is 10.3. The molecule has 3 N–H and O–H groups in total. The molecule has 0 amide bonds. The van der Waals surface area contributed by atoms with Gasteiger partial charge in [-0.25, -0.2) is 13.1 Å². The van der Waals surface area contributed by atoms with Gasteiger partial charge >= 0.3 is 0 Å². The number of hydrogen-bond donors (Lipinski definition) is 3. The molecule has 0 unspecified atom stereocenters. The summed E-state index contributed by atoms with van der Waals surface area (Å²) in [5.74, 6) is 0. The third kappa shape index (κ3) is 4.08. The van der Waals surface area contributed by atoms with E-state index in [2.05, 4.69) is 20.2 Å². The molecule has 0 aliphatic rings. The second kappa shape index (κ2) is 6.10. The van der Waals surface area contributed by atoms with Crippen molar-refractivity contribution in [2.24, 2.45) is 0 Å². The number of sulfonamides is 1. The quantitative estimate of drug-likeness (QED) is 0.584. The molecule has 0 saturated carbocycles. The Morgan fingerprint density at radius 3 is 2.76 bits per heavy atom. The van der Waals surface area contributed by atoms with Crippen LogP contribution in [-0.2, 0) is 16.6 Å². The van der Waals surface area contributed by atoms with Gasteiger partial charge in [-0.3, -0.25) is 5.10 Å². The van der Waals surface area contributed by atoms with E-state index < -0.39 is 10.0 Å². The van der Waals surface area contributed by atoms with E-state index in [1.165, 1.54) is 6.20 Å². The highest BCUT2D eigenvalue weighted by molar-refractivity contribution is 7.89. The lowest BCUT2D eigenvalue weighted by Gasteiger charge is -2.10. The molecule has 0 saturated heterocycles. The van der Waals surface area contributed by atoms with Gasteiger partial charge in [0.2, 0.25) is 0 Å². The van der Waals surface area contributed by atoms with E-state index in [-0.39, 0.29) is 5.03 Å². The summed E-state index contributed by atoms with van der Waals surface area (Å²) in [6, 6.07) is 0. The SMILES string of the molecule is CNCc1cn[nH]c1S(=O)(=O)NCCN(C)C. The van der Waals surface area contributed by atoms with Crippen LogP contribution >= 0.6 is 0 Å². The number of aromatic amines is 1. The normalized spacial score (nSPS) is 12.2. The summed E-state index contributed by atoms with van der Waals surface area (Å²) in [6.45, 7) is 1.47. The third-order valence-electron chi connectivity index (χ3n) is 2.17. The summed E-state index contributed by atoms with van der Waals surface area (Å²) < 4.78 is 26.4. The van der Waals surface area contributed by atoms with Crippen LogP contribution in [0.15, 0.2) is 11.2 Å². The van der Waals surface area contributed by atoms with Crippen molar-refractivity contribution in [3.05, 3.63) is 11.8 Å². The first-order valence-corrected chi connectivity index (χ1v) is 6.77. The number of nitrogens with zero attached hydrogens (tertiary/aromatic N) is 2. The number of hydrogen-bond acceptors (Lipinski definition) is 5. The molecule has 17 heavy (non-hydrogen) atoms. The summed E-state index contributed by atoms with van der Waals surface area (Å²) in [4.78, 5) is 1.91. The fourth-order valence-electron chi connectivity index (χ4n) is 1.32. The molecular weight excluding hydrogens is 242 g/mol. The van der Waals surface area contributed by atoms with Crippen LogP contribution in [0.3, 0.4) is 0 Å². The zero-order chi connectivity index (χ0) is 12.9. The lowest BCUT2D eigenvalue weighted by molar-refractivity contribution is 0.412. The van der Waals surface area contributed by atoms with Gasteiger partial charge in [0.05, 0.1) is 6.20 Å². The van der Waals surface area contributed by atoms with Gasteiger partial charge in [0, 0.05) is 25.2 Å². The van der Waals surface area contributed by atoms with Gasteiger partial charge in [0.25, 0.3) is 10.0 Å². The van der Waals surface area contributed by atoms with Gasteiger partial charge in [-0.1, -0.05) is 0 Å². The van der Waals surface area contributed by atoms with Crippen LogP contribution in [-0.4, -0.2) is 57.7 Å². The highest BCUT2D eigenvalue weighted by atomic mass is 32.2. The minimum absolute atomic E-state index is 0.130. The van der Waals surface area contributed by atoms with Crippen LogP contribution in [0.5, 0.6) is 0 Å². The van der Waals surface area contributed by atoms with E-state index >= 15 is 0 Å². The first kappa shape index (κ1) is 14.1.